The van der Waals surface area contributed by atoms with Crippen LogP contribution in [0.25, 0.3) is 10.9 Å². The molecular weight excluding hydrogens is 300 g/mol. The molecule has 0 aliphatic carbocycles. The topological polar surface area (TPSA) is 43.2 Å². The van der Waals surface area contributed by atoms with Crippen LogP contribution in [0.3, 0.4) is 0 Å². The Bertz CT molecular complexity index is 807. The van der Waals surface area contributed by atoms with Gasteiger partial charge in [0.15, 0.2) is 0 Å². The highest BCUT2D eigenvalue weighted by molar-refractivity contribution is 5.86. The molecule has 0 atom stereocenters. The summed E-state index contributed by atoms with van der Waals surface area (Å²) in [5, 5.41) is 9.32. The van der Waals surface area contributed by atoms with Crippen molar-refractivity contribution in [2.45, 2.75) is 25.5 Å². The largest absolute Gasteiger partial charge is 0.490 e. The second kappa shape index (κ2) is 6.61. The number of nitrogens with zero attached hydrogens (tertiary/aromatic N) is 4. The van der Waals surface area contributed by atoms with Crippen molar-refractivity contribution in [1.29, 1.82) is 0 Å². The Hall–Kier alpha value is -2.40. The van der Waals surface area contributed by atoms with Crippen molar-refractivity contribution in [3.05, 3.63) is 54.5 Å². The number of hydrogen-bond acceptors (Lipinski definition) is 4. The molecule has 0 unspecified atom stereocenters. The summed E-state index contributed by atoms with van der Waals surface area (Å²) in [4.78, 5) is 2.42. The fourth-order valence-electron chi connectivity index (χ4n) is 3.39. The monoisotopic (exact) mass is 322 g/mol. The van der Waals surface area contributed by atoms with Gasteiger partial charge < -0.3 is 9.30 Å². The molecule has 1 aromatic carbocycles. The van der Waals surface area contributed by atoms with E-state index in [0.717, 1.165) is 43.9 Å². The third kappa shape index (κ3) is 3.12. The SMILES string of the molecule is Cn1ccc2c(OC3CCN(Cc4cccnn4)CC3)cccc21. The van der Waals surface area contributed by atoms with E-state index in [0.29, 0.717) is 0 Å². The van der Waals surface area contributed by atoms with Gasteiger partial charge in [-0.3, -0.25) is 4.90 Å². The molecule has 1 fully saturated rings. The summed E-state index contributed by atoms with van der Waals surface area (Å²) in [5.74, 6) is 1.00. The first-order valence-corrected chi connectivity index (χ1v) is 8.49. The third-order valence-electron chi connectivity index (χ3n) is 4.73. The number of ether oxygens (including phenoxy) is 1. The number of fused-ring (bicyclic) bond motifs is 1. The fraction of sp³-hybridized carbons (Fsp3) is 0.368. The van der Waals surface area contributed by atoms with Crippen LogP contribution in [-0.4, -0.2) is 38.9 Å². The normalized spacial score (nSPS) is 16.5. The predicted octanol–water partition coefficient (Wildman–Crippen LogP) is 3.01. The van der Waals surface area contributed by atoms with Crippen LogP contribution in [0.2, 0.25) is 0 Å². The molecule has 0 spiro atoms. The Balaban J connectivity index is 1.37. The average Bonchev–Trinajstić information content (AvgIpc) is 3.00. The smallest absolute Gasteiger partial charge is 0.129 e. The average molecular weight is 322 g/mol. The quantitative estimate of drug-likeness (QED) is 0.740. The molecule has 124 valence electrons. The fourth-order valence-corrected chi connectivity index (χ4v) is 3.39. The number of aryl methyl sites for hydroxylation is 1. The number of aromatic nitrogens is 3. The molecule has 1 aliphatic heterocycles. The van der Waals surface area contributed by atoms with Gasteiger partial charge in [0.1, 0.15) is 11.9 Å². The van der Waals surface area contributed by atoms with Crippen molar-refractivity contribution < 1.29 is 4.74 Å². The third-order valence-corrected chi connectivity index (χ3v) is 4.73. The first kappa shape index (κ1) is 15.1. The lowest BCUT2D eigenvalue weighted by molar-refractivity contribution is 0.0971. The van der Waals surface area contributed by atoms with E-state index in [1.54, 1.807) is 6.20 Å². The Morgan fingerprint density at radius 3 is 2.79 bits per heavy atom. The summed E-state index contributed by atoms with van der Waals surface area (Å²) in [5.41, 5.74) is 2.25. The molecule has 0 radical (unpaired) electrons. The highest BCUT2D eigenvalue weighted by Crippen LogP contribution is 2.28. The molecular formula is C19H22N4O. The van der Waals surface area contributed by atoms with Gasteiger partial charge in [-0.25, -0.2) is 0 Å². The van der Waals surface area contributed by atoms with Gasteiger partial charge in [-0.2, -0.15) is 10.2 Å². The van der Waals surface area contributed by atoms with E-state index in [2.05, 4.69) is 57.2 Å². The number of rotatable bonds is 4. The predicted molar refractivity (Wildman–Crippen MR) is 93.9 cm³/mol. The Morgan fingerprint density at radius 1 is 1.12 bits per heavy atom. The van der Waals surface area contributed by atoms with Crippen molar-refractivity contribution >= 4 is 10.9 Å². The van der Waals surface area contributed by atoms with E-state index in [4.69, 9.17) is 4.74 Å². The van der Waals surface area contributed by atoms with Crippen molar-refractivity contribution in [2.75, 3.05) is 13.1 Å². The van der Waals surface area contributed by atoms with E-state index < -0.39 is 0 Å². The zero-order chi connectivity index (χ0) is 16.4. The lowest BCUT2D eigenvalue weighted by Gasteiger charge is -2.31. The molecule has 3 heterocycles. The van der Waals surface area contributed by atoms with Gasteiger partial charge in [0, 0.05) is 44.5 Å². The zero-order valence-electron chi connectivity index (χ0n) is 13.9. The first-order valence-electron chi connectivity index (χ1n) is 8.49. The molecule has 5 heteroatoms. The first-order chi connectivity index (χ1) is 11.8. The minimum atomic E-state index is 0.286. The minimum absolute atomic E-state index is 0.286. The van der Waals surface area contributed by atoms with Crippen LogP contribution < -0.4 is 4.74 Å². The summed E-state index contributed by atoms with van der Waals surface area (Å²) in [6.07, 6.45) is 6.18. The van der Waals surface area contributed by atoms with Crippen molar-refractivity contribution in [3.63, 3.8) is 0 Å². The van der Waals surface area contributed by atoms with Crippen LogP contribution in [0.1, 0.15) is 18.5 Å². The van der Waals surface area contributed by atoms with Crippen LogP contribution in [-0.2, 0) is 13.6 Å². The number of benzene rings is 1. The summed E-state index contributed by atoms with van der Waals surface area (Å²) >= 11 is 0. The maximum Gasteiger partial charge on any atom is 0.129 e. The van der Waals surface area contributed by atoms with E-state index >= 15 is 0 Å². The zero-order valence-corrected chi connectivity index (χ0v) is 13.9. The van der Waals surface area contributed by atoms with Crippen molar-refractivity contribution in [2.24, 2.45) is 7.05 Å². The van der Waals surface area contributed by atoms with Gasteiger partial charge >= 0.3 is 0 Å². The highest BCUT2D eigenvalue weighted by atomic mass is 16.5. The van der Waals surface area contributed by atoms with Gasteiger partial charge in [-0.05, 0) is 43.2 Å². The summed E-state index contributed by atoms with van der Waals surface area (Å²) in [6.45, 7) is 2.94. The number of likely N-dealkylation sites (tertiary alicyclic amines) is 1. The molecule has 1 aliphatic rings. The second-order valence-electron chi connectivity index (χ2n) is 6.42. The lowest BCUT2D eigenvalue weighted by Crippen LogP contribution is -2.38. The number of piperidine rings is 1. The molecule has 24 heavy (non-hydrogen) atoms. The van der Waals surface area contributed by atoms with Gasteiger partial charge in [0.05, 0.1) is 11.2 Å². The standard InChI is InChI=1S/C19H22N4O/c1-22-11-9-17-18(22)5-2-6-19(17)24-16-7-12-23(13-8-16)14-15-4-3-10-20-21-15/h2-6,9-11,16H,7-8,12-14H2,1H3. The van der Waals surface area contributed by atoms with E-state index in [1.807, 2.05) is 12.1 Å². The number of hydrogen-bond donors (Lipinski definition) is 0. The van der Waals surface area contributed by atoms with E-state index in [9.17, 15) is 0 Å². The summed E-state index contributed by atoms with van der Waals surface area (Å²) in [7, 11) is 2.07. The molecule has 1 saturated heterocycles. The van der Waals surface area contributed by atoms with Crippen LogP contribution in [0, 0.1) is 0 Å². The van der Waals surface area contributed by atoms with Gasteiger partial charge in [-0.1, -0.05) is 6.07 Å². The van der Waals surface area contributed by atoms with Crippen molar-refractivity contribution in [1.82, 2.24) is 19.7 Å². The summed E-state index contributed by atoms with van der Waals surface area (Å²) in [6, 6.07) is 12.4. The Labute approximate surface area is 141 Å². The van der Waals surface area contributed by atoms with Gasteiger partial charge in [-0.15, -0.1) is 0 Å². The molecule has 4 rings (SSSR count). The maximum atomic E-state index is 6.31. The van der Waals surface area contributed by atoms with Gasteiger partial charge in [0.2, 0.25) is 0 Å². The van der Waals surface area contributed by atoms with Crippen molar-refractivity contribution in [3.8, 4) is 5.75 Å². The van der Waals surface area contributed by atoms with Crippen LogP contribution >= 0.6 is 0 Å². The van der Waals surface area contributed by atoms with E-state index in [1.165, 1.54) is 10.9 Å². The molecule has 0 N–H and O–H groups in total. The highest BCUT2D eigenvalue weighted by Gasteiger charge is 2.21. The second-order valence-corrected chi connectivity index (χ2v) is 6.42. The Morgan fingerprint density at radius 2 is 2.00 bits per heavy atom. The molecule has 5 nitrogen and oxygen atoms in total. The van der Waals surface area contributed by atoms with Crippen LogP contribution in [0.15, 0.2) is 48.8 Å². The summed E-state index contributed by atoms with van der Waals surface area (Å²) < 4.78 is 8.44. The van der Waals surface area contributed by atoms with Gasteiger partial charge in [0.25, 0.3) is 0 Å². The van der Waals surface area contributed by atoms with Crippen LogP contribution in [0.5, 0.6) is 5.75 Å². The Kier molecular flexibility index (Phi) is 4.17. The molecule has 0 bridgehead atoms. The molecule has 3 aromatic rings. The molecule has 2 aromatic heterocycles. The van der Waals surface area contributed by atoms with E-state index in [-0.39, 0.29) is 6.10 Å². The lowest BCUT2D eigenvalue weighted by atomic mass is 10.1. The van der Waals surface area contributed by atoms with Crippen LogP contribution in [0.4, 0.5) is 0 Å². The molecule has 0 saturated carbocycles. The minimum Gasteiger partial charge on any atom is -0.490 e. The molecule has 0 amide bonds. The maximum absolute atomic E-state index is 6.31.